The maximum atomic E-state index is 13.5. The van der Waals surface area contributed by atoms with E-state index in [-0.39, 0.29) is 11.7 Å². The Hall–Kier alpha value is -1.18. The first-order valence-electron chi connectivity index (χ1n) is 5.29. The van der Waals surface area contributed by atoms with E-state index in [1.807, 2.05) is 13.0 Å². The van der Waals surface area contributed by atoms with Crippen LogP contribution in [0.4, 0.5) is 4.39 Å². The lowest BCUT2D eigenvalue weighted by molar-refractivity contribution is -0.108. The zero-order valence-corrected chi connectivity index (χ0v) is 9.46. The van der Waals surface area contributed by atoms with Gasteiger partial charge in [-0.2, -0.15) is 0 Å². The second-order valence-corrected chi connectivity index (χ2v) is 4.24. The molecule has 0 fully saturated rings. The van der Waals surface area contributed by atoms with Gasteiger partial charge in [0, 0.05) is 6.42 Å². The van der Waals surface area contributed by atoms with Crippen molar-refractivity contribution in [1.82, 2.24) is 0 Å². The van der Waals surface area contributed by atoms with Crippen LogP contribution in [0.5, 0.6) is 0 Å². The number of carbonyl (C=O) groups excluding carboxylic acids is 1. The van der Waals surface area contributed by atoms with E-state index >= 15 is 0 Å². The predicted octanol–water partition coefficient (Wildman–Crippen LogP) is 3.64. The minimum absolute atomic E-state index is 0.0406. The highest BCUT2D eigenvalue weighted by Crippen LogP contribution is 2.25. The highest BCUT2D eigenvalue weighted by molar-refractivity contribution is 5.51. The summed E-state index contributed by atoms with van der Waals surface area (Å²) in [5, 5.41) is 0. The lowest BCUT2D eigenvalue weighted by Gasteiger charge is -2.13. The van der Waals surface area contributed by atoms with E-state index in [1.165, 1.54) is 6.07 Å². The van der Waals surface area contributed by atoms with Gasteiger partial charge < -0.3 is 4.79 Å². The third-order valence-electron chi connectivity index (χ3n) is 2.67. The molecular formula is C13H17FO. The molecule has 0 N–H and O–H groups in total. The number of hydrogen-bond donors (Lipinski definition) is 0. The fraction of sp³-hybridized carbons (Fsp3) is 0.462. The molecule has 1 rings (SSSR count). The molecule has 0 spiro atoms. The minimum Gasteiger partial charge on any atom is -0.303 e. The number of rotatable bonds is 4. The zero-order chi connectivity index (χ0) is 11.4. The molecule has 1 aromatic carbocycles. The molecule has 0 saturated carbocycles. The van der Waals surface area contributed by atoms with Gasteiger partial charge in [0.2, 0.25) is 0 Å². The Bertz CT molecular complexity index is 344. The highest BCUT2D eigenvalue weighted by atomic mass is 19.1. The maximum Gasteiger partial charge on any atom is 0.126 e. The molecule has 15 heavy (non-hydrogen) atoms. The van der Waals surface area contributed by atoms with E-state index < -0.39 is 0 Å². The van der Waals surface area contributed by atoms with Crippen LogP contribution in [0.25, 0.3) is 0 Å². The molecule has 1 atom stereocenters. The van der Waals surface area contributed by atoms with E-state index in [9.17, 15) is 9.18 Å². The highest BCUT2D eigenvalue weighted by Gasteiger charge is 2.12. The summed E-state index contributed by atoms with van der Waals surface area (Å²) in [5.74, 6) is 0.128. The number of carbonyl (C=O) groups is 1. The zero-order valence-electron chi connectivity index (χ0n) is 9.46. The van der Waals surface area contributed by atoms with Gasteiger partial charge in [-0.1, -0.05) is 32.9 Å². The van der Waals surface area contributed by atoms with Gasteiger partial charge in [0.1, 0.15) is 12.1 Å². The number of benzene rings is 1. The third-order valence-corrected chi connectivity index (χ3v) is 2.67. The van der Waals surface area contributed by atoms with Gasteiger partial charge >= 0.3 is 0 Å². The van der Waals surface area contributed by atoms with Crippen molar-refractivity contribution in [2.45, 2.75) is 39.0 Å². The molecule has 0 aliphatic heterocycles. The largest absolute Gasteiger partial charge is 0.303 e. The van der Waals surface area contributed by atoms with Gasteiger partial charge in [-0.3, -0.25) is 0 Å². The van der Waals surface area contributed by atoms with Crippen molar-refractivity contribution in [3.63, 3.8) is 0 Å². The first-order chi connectivity index (χ1) is 7.06. The average Bonchev–Trinajstić information content (AvgIpc) is 2.18. The van der Waals surface area contributed by atoms with Gasteiger partial charge in [-0.15, -0.1) is 0 Å². The smallest absolute Gasteiger partial charge is 0.126 e. The molecule has 0 aliphatic carbocycles. The van der Waals surface area contributed by atoms with Crippen LogP contribution in [0.3, 0.4) is 0 Å². The van der Waals surface area contributed by atoms with Crippen molar-refractivity contribution in [1.29, 1.82) is 0 Å². The second kappa shape index (κ2) is 5.06. The Morgan fingerprint density at radius 1 is 1.33 bits per heavy atom. The van der Waals surface area contributed by atoms with Gasteiger partial charge in [-0.25, -0.2) is 4.39 Å². The van der Waals surface area contributed by atoms with E-state index in [2.05, 4.69) is 13.8 Å². The molecular weight excluding hydrogens is 191 g/mol. The van der Waals surface area contributed by atoms with Crippen LogP contribution in [0.15, 0.2) is 18.2 Å². The molecule has 1 aromatic rings. The van der Waals surface area contributed by atoms with Crippen LogP contribution in [0.2, 0.25) is 0 Å². The number of aldehydes is 1. The summed E-state index contributed by atoms with van der Waals surface area (Å²) in [5.41, 5.74) is 1.76. The molecule has 0 aromatic heterocycles. The monoisotopic (exact) mass is 208 g/mol. The fourth-order valence-corrected chi connectivity index (χ4v) is 1.57. The maximum absolute atomic E-state index is 13.5. The Balaban J connectivity index is 3.04. The molecule has 2 heteroatoms. The first-order valence-corrected chi connectivity index (χ1v) is 5.29. The van der Waals surface area contributed by atoms with E-state index in [0.717, 1.165) is 11.8 Å². The minimum atomic E-state index is -0.214. The van der Waals surface area contributed by atoms with E-state index in [0.29, 0.717) is 17.9 Å². The Morgan fingerprint density at radius 2 is 2.00 bits per heavy atom. The Morgan fingerprint density at radius 3 is 2.53 bits per heavy atom. The molecule has 0 amide bonds. The van der Waals surface area contributed by atoms with Gasteiger partial charge in [0.15, 0.2) is 0 Å². The van der Waals surface area contributed by atoms with Crippen molar-refractivity contribution in [3.05, 3.63) is 35.1 Å². The standard InChI is InChI=1S/C13H17FO/c1-9(2)11-4-5-13(14)12(8-11)10(3)6-7-15/h4-5,7-10H,6H2,1-3H3. The quantitative estimate of drug-likeness (QED) is 0.690. The van der Waals surface area contributed by atoms with Crippen molar-refractivity contribution >= 4 is 6.29 Å². The molecule has 1 nitrogen and oxygen atoms in total. The molecule has 0 bridgehead atoms. The molecule has 0 heterocycles. The van der Waals surface area contributed by atoms with E-state index in [1.54, 1.807) is 6.07 Å². The summed E-state index contributed by atoms with van der Waals surface area (Å²) in [6, 6.07) is 5.16. The Labute approximate surface area is 90.3 Å². The lowest BCUT2D eigenvalue weighted by atomic mass is 9.93. The van der Waals surface area contributed by atoms with Crippen LogP contribution in [-0.4, -0.2) is 6.29 Å². The second-order valence-electron chi connectivity index (χ2n) is 4.24. The normalized spacial score (nSPS) is 12.9. The van der Waals surface area contributed by atoms with Gasteiger partial charge in [0.25, 0.3) is 0 Å². The first kappa shape index (κ1) is 11.9. The lowest BCUT2D eigenvalue weighted by Crippen LogP contribution is -2.00. The van der Waals surface area contributed by atoms with Crippen LogP contribution < -0.4 is 0 Å². The number of halogens is 1. The topological polar surface area (TPSA) is 17.1 Å². The van der Waals surface area contributed by atoms with Crippen LogP contribution in [-0.2, 0) is 4.79 Å². The molecule has 82 valence electrons. The molecule has 1 unspecified atom stereocenters. The average molecular weight is 208 g/mol. The van der Waals surface area contributed by atoms with E-state index in [4.69, 9.17) is 0 Å². The van der Waals surface area contributed by atoms with Crippen LogP contribution in [0.1, 0.15) is 50.2 Å². The predicted molar refractivity (Wildman–Crippen MR) is 59.6 cm³/mol. The van der Waals surface area contributed by atoms with Crippen molar-refractivity contribution in [2.75, 3.05) is 0 Å². The Kier molecular flexibility index (Phi) is 4.01. The van der Waals surface area contributed by atoms with Crippen molar-refractivity contribution < 1.29 is 9.18 Å². The number of hydrogen-bond acceptors (Lipinski definition) is 1. The third kappa shape index (κ3) is 2.88. The summed E-state index contributed by atoms with van der Waals surface area (Å²) in [6.07, 6.45) is 1.21. The molecule has 0 radical (unpaired) electrons. The van der Waals surface area contributed by atoms with Crippen molar-refractivity contribution in [2.24, 2.45) is 0 Å². The molecule has 0 saturated heterocycles. The van der Waals surface area contributed by atoms with Crippen molar-refractivity contribution in [3.8, 4) is 0 Å². The summed E-state index contributed by atoms with van der Waals surface area (Å²) in [6.45, 7) is 6.01. The fourth-order valence-electron chi connectivity index (χ4n) is 1.57. The summed E-state index contributed by atoms with van der Waals surface area (Å²) < 4.78 is 13.5. The summed E-state index contributed by atoms with van der Waals surface area (Å²) >= 11 is 0. The van der Waals surface area contributed by atoms with Gasteiger partial charge in [-0.05, 0) is 29.0 Å². The summed E-state index contributed by atoms with van der Waals surface area (Å²) in [4.78, 5) is 10.4. The van der Waals surface area contributed by atoms with Crippen LogP contribution >= 0.6 is 0 Å². The van der Waals surface area contributed by atoms with Gasteiger partial charge in [0.05, 0.1) is 0 Å². The summed E-state index contributed by atoms with van der Waals surface area (Å²) in [7, 11) is 0. The molecule has 0 aliphatic rings. The van der Waals surface area contributed by atoms with Crippen LogP contribution in [0, 0.1) is 5.82 Å². The SMILES string of the molecule is CC(C)c1ccc(F)c(C(C)CC=O)c1.